The van der Waals surface area contributed by atoms with Crippen LogP contribution in [0.5, 0.6) is 0 Å². The maximum absolute atomic E-state index is 6.09. The van der Waals surface area contributed by atoms with Gasteiger partial charge in [-0.1, -0.05) is 0 Å². The summed E-state index contributed by atoms with van der Waals surface area (Å²) in [5.74, 6) is 4.10. The molecule has 2 heteroatoms. The fraction of sp³-hybridized carbons (Fsp3) is 1.00. The summed E-state index contributed by atoms with van der Waals surface area (Å²) in [7, 11) is 2.19. The quantitative estimate of drug-likeness (QED) is 0.608. The summed E-state index contributed by atoms with van der Waals surface area (Å²) in [4.78, 5) is 2.36. The van der Waals surface area contributed by atoms with E-state index in [2.05, 4.69) is 11.9 Å². The molecule has 13 heavy (non-hydrogen) atoms. The van der Waals surface area contributed by atoms with Gasteiger partial charge >= 0.3 is 0 Å². The van der Waals surface area contributed by atoms with E-state index in [-0.39, 0.29) is 0 Å². The molecule has 1 saturated heterocycles. The first-order valence-electron chi connectivity index (χ1n) is 5.71. The van der Waals surface area contributed by atoms with Gasteiger partial charge in [0.05, 0.1) is 6.17 Å². The number of rotatable bonds is 0. The van der Waals surface area contributed by atoms with Crippen molar-refractivity contribution >= 4 is 0 Å². The molecule has 0 amide bonds. The molecule has 2 nitrogen and oxygen atoms in total. The lowest BCUT2D eigenvalue weighted by Gasteiger charge is -2.43. The maximum atomic E-state index is 6.09. The second kappa shape index (κ2) is 2.71. The van der Waals surface area contributed by atoms with Crippen LogP contribution in [0.1, 0.15) is 25.7 Å². The molecule has 5 unspecified atom stereocenters. The molecule has 3 fully saturated rings. The Morgan fingerprint density at radius 3 is 2.54 bits per heavy atom. The molecule has 2 N–H and O–H groups in total. The van der Waals surface area contributed by atoms with Gasteiger partial charge in [0.2, 0.25) is 0 Å². The van der Waals surface area contributed by atoms with E-state index >= 15 is 0 Å². The van der Waals surface area contributed by atoms with E-state index in [1.165, 1.54) is 32.2 Å². The Labute approximate surface area is 80.5 Å². The smallest absolute Gasteiger partial charge is 0.0572 e. The van der Waals surface area contributed by atoms with E-state index in [9.17, 15) is 0 Å². The number of nitrogens with zero attached hydrogens (tertiary/aromatic N) is 1. The first-order valence-corrected chi connectivity index (χ1v) is 5.71. The highest BCUT2D eigenvalue weighted by Gasteiger charge is 2.50. The van der Waals surface area contributed by atoms with E-state index < -0.39 is 0 Å². The zero-order valence-electron chi connectivity index (χ0n) is 8.45. The van der Waals surface area contributed by atoms with Crippen molar-refractivity contribution in [2.45, 2.75) is 31.8 Å². The monoisotopic (exact) mass is 180 g/mol. The minimum absolute atomic E-state index is 0.348. The first kappa shape index (κ1) is 8.25. The molecule has 5 atom stereocenters. The number of nitrogens with two attached hydrogens (primary N) is 1. The Balaban J connectivity index is 1.81. The lowest BCUT2D eigenvalue weighted by Crippen LogP contribution is -2.51. The van der Waals surface area contributed by atoms with E-state index in [1.54, 1.807) is 0 Å². The molecule has 2 aliphatic carbocycles. The van der Waals surface area contributed by atoms with Crippen LogP contribution in [0.3, 0.4) is 0 Å². The fourth-order valence-corrected chi connectivity index (χ4v) is 4.11. The van der Waals surface area contributed by atoms with Crippen molar-refractivity contribution in [2.24, 2.45) is 29.4 Å². The van der Waals surface area contributed by atoms with Crippen molar-refractivity contribution in [1.82, 2.24) is 4.90 Å². The average Bonchev–Trinajstić information content (AvgIpc) is 2.67. The van der Waals surface area contributed by atoms with E-state index in [4.69, 9.17) is 5.73 Å². The van der Waals surface area contributed by atoms with Crippen molar-refractivity contribution < 1.29 is 0 Å². The van der Waals surface area contributed by atoms with E-state index in [0.29, 0.717) is 6.17 Å². The highest BCUT2D eigenvalue weighted by molar-refractivity contribution is 5.00. The highest BCUT2D eigenvalue weighted by atomic mass is 15.2. The van der Waals surface area contributed by atoms with Crippen LogP contribution in [0.15, 0.2) is 0 Å². The summed E-state index contributed by atoms with van der Waals surface area (Å²) in [6.45, 7) is 1.27. The summed E-state index contributed by atoms with van der Waals surface area (Å²) in [5.41, 5.74) is 6.09. The first-order chi connectivity index (χ1) is 6.25. The number of likely N-dealkylation sites (tertiary alicyclic amines) is 1. The van der Waals surface area contributed by atoms with Crippen LogP contribution in [-0.2, 0) is 0 Å². The lowest BCUT2D eigenvalue weighted by molar-refractivity contribution is 0.0530. The number of fused-ring (bicyclic) bond motifs is 5. The van der Waals surface area contributed by atoms with Crippen LogP contribution in [0, 0.1) is 23.7 Å². The molecular weight excluding hydrogens is 160 g/mol. The van der Waals surface area contributed by atoms with Crippen molar-refractivity contribution in [2.75, 3.05) is 13.6 Å². The molecule has 0 aromatic carbocycles. The fourth-order valence-electron chi connectivity index (χ4n) is 4.11. The zero-order chi connectivity index (χ0) is 9.00. The van der Waals surface area contributed by atoms with E-state index in [0.717, 1.165) is 23.7 Å². The van der Waals surface area contributed by atoms with Crippen LogP contribution >= 0.6 is 0 Å². The molecule has 0 aromatic rings. The minimum atomic E-state index is 0.348. The van der Waals surface area contributed by atoms with Gasteiger partial charge in [-0.3, -0.25) is 4.90 Å². The molecule has 3 aliphatic rings. The van der Waals surface area contributed by atoms with Gasteiger partial charge in [-0.15, -0.1) is 0 Å². The standard InChI is InChI=1S/C11H20N2/c1-13-6-10-8-3-2-7(4-8)9(10)5-11(13)12/h7-11H,2-6,12H2,1H3. The van der Waals surface area contributed by atoms with Gasteiger partial charge in [-0.2, -0.15) is 0 Å². The van der Waals surface area contributed by atoms with Crippen LogP contribution in [0.25, 0.3) is 0 Å². The molecular formula is C11H20N2. The Morgan fingerprint density at radius 1 is 1.08 bits per heavy atom. The topological polar surface area (TPSA) is 29.3 Å². The normalized spacial score (nSPS) is 55.4. The molecule has 74 valence electrons. The van der Waals surface area contributed by atoms with Crippen LogP contribution in [-0.4, -0.2) is 24.7 Å². The largest absolute Gasteiger partial charge is 0.316 e. The van der Waals surface area contributed by atoms with Crippen molar-refractivity contribution in [3.63, 3.8) is 0 Å². The molecule has 1 heterocycles. The second-order valence-corrected chi connectivity index (χ2v) is 5.40. The number of hydrogen-bond acceptors (Lipinski definition) is 2. The summed E-state index contributed by atoms with van der Waals surface area (Å²) >= 11 is 0. The van der Waals surface area contributed by atoms with Crippen LogP contribution in [0.4, 0.5) is 0 Å². The van der Waals surface area contributed by atoms with Crippen molar-refractivity contribution in [3.05, 3.63) is 0 Å². The summed E-state index contributed by atoms with van der Waals surface area (Å²) < 4.78 is 0. The Bertz CT molecular complexity index is 194. The van der Waals surface area contributed by atoms with Gasteiger partial charge in [0.15, 0.2) is 0 Å². The van der Waals surface area contributed by atoms with Gasteiger partial charge in [0.1, 0.15) is 0 Å². The summed E-state index contributed by atoms with van der Waals surface area (Å²) in [6.07, 6.45) is 6.15. The highest BCUT2D eigenvalue weighted by Crippen LogP contribution is 2.55. The maximum Gasteiger partial charge on any atom is 0.0572 e. The van der Waals surface area contributed by atoms with Gasteiger partial charge < -0.3 is 5.73 Å². The SMILES string of the molecule is CN1CC2C3CCC(C3)C2CC1N. The summed E-state index contributed by atoms with van der Waals surface area (Å²) in [6, 6.07) is 0. The lowest BCUT2D eigenvalue weighted by atomic mass is 9.74. The molecule has 2 bridgehead atoms. The zero-order valence-corrected chi connectivity index (χ0v) is 8.45. The predicted molar refractivity (Wildman–Crippen MR) is 53.0 cm³/mol. The Hall–Kier alpha value is -0.0800. The molecule has 1 aliphatic heterocycles. The van der Waals surface area contributed by atoms with Crippen molar-refractivity contribution in [3.8, 4) is 0 Å². The summed E-state index contributed by atoms with van der Waals surface area (Å²) in [5, 5.41) is 0. The van der Waals surface area contributed by atoms with Gasteiger partial charge in [-0.05, 0) is 56.4 Å². The second-order valence-electron chi connectivity index (χ2n) is 5.40. The molecule has 2 saturated carbocycles. The van der Waals surface area contributed by atoms with Gasteiger partial charge in [0.25, 0.3) is 0 Å². The Morgan fingerprint density at radius 2 is 1.77 bits per heavy atom. The Kier molecular flexibility index (Phi) is 1.72. The third kappa shape index (κ3) is 1.08. The minimum Gasteiger partial charge on any atom is -0.316 e. The molecule has 3 rings (SSSR count). The molecule has 0 radical (unpaired) electrons. The molecule has 0 aromatic heterocycles. The van der Waals surface area contributed by atoms with E-state index in [1.807, 2.05) is 0 Å². The van der Waals surface area contributed by atoms with Crippen LogP contribution < -0.4 is 5.73 Å². The average molecular weight is 180 g/mol. The third-order valence-corrected chi connectivity index (χ3v) is 4.85. The predicted octanol–water partition coefficient (Wildman–Crippen LogP) is 1.27. The third-order valence-electron chi connectivity index (χ3n) is 4.85. The number of hydrogen-bond donors (Lipinski definition) is 1. The molecule has 0 spiro atoms. The van der Waals surface area contributed by atoms with Crippen LogP contribution in [0.2, 0.25) is 0 Å². The number of piperidine rings is 1. The van der Waals surface area contributed by atoms with Gasteiger partial charge in [0, 0.05) is 6.54 Å². The van der Waals surface area contributed by atoms with Gasteiger partial charge in [-0.25, -0.2) is 0 Å². The van der Waals surface area contributed by atoms with Crippen molar-refractivity contribution in [1.29, 1.82) is 0 Å².